The van der Waals surface area contributed by atoms with Gasteiger partial charge in [-0.25, -0.2) is 14.4 Å². The number of nitrogens with one attached hydrogen (secondary N) is 4. The zero-order valence-corrected chi connectivity index (χ0v) is 36.3. The van der Waals surface area contributed by atoms with E-state index in [2.05, 4.69) is 47.6 Å². The highest BCUT2D eigenvalue weighted by molar-refractivity contribution is 6.31. The molecule has 8 rings (SSSR count). The van der Waals surface area contributed by atoms with Crippen molar-refractivity contribution in [3.8, 4) is 5.75 Å². The third kappa shape index (κ3) is 10.3. The number of anilines is 4. The second-order valence-electron chi connectivity index (χ2n) is 16.5. The third-order valence-corrected chi connectivity index (χ3v) is 12.7. The van der Waals surface area contributed by atoms with E-state index in [9.17, 15) is 28.4 Å². The van der Waals surface area contributed by atoms with Gasteiger partial charge in [0.2, 0.25) is 23.6 Å². The van der Waals surface area contributed by atoms with Crippen molar-refractivity contribution in [1.29, 1.82) is 0 Å². The molecule has 3 fully saturated rings. The van der Waals surface area contributed by atoms with Crippen molar-refractivity contribution >= 4 is 74.9 Å². The number of benzene rings is 3. The molecule has 1 aromatic heterocycles. The van der Waals surface area contributed by atoms with Crippen LogP contribution in [0.2, 0.25) is 5.02 Å². The van der Waals surface area contributed by atoms with E-state index in [1.165, 1.54) is 24.5 Å². The zero-order valence-electron chi connectivity index (χ0n) is 35.5. The molecule has 4 aliphatic rings. The summed E-state index contributed by atoms with van der Waals surface area (Å²) in [5.41, 5.74) is 3.79. The molecule has 0 aliphatic carbocycles. The van der Waals surface area contributed by atoms with Gasteiger partial charge in [0, 0.05) is 98.7 Å². The Morgan fingerprint density at radius 1 is 0.969 bits per heavy atom. The number of rotatable bonds is 16. The molecule has 64 heavy (non-hydrogen) atoms. The summed E-state index contributed by atoms with van der Waals surface area (Å²) < 4.78 is 20.0. The monoisotopic (exact) mass is 894 g/mol. The predicted octanol–water partition coefficient (Wildman–Crippen LogP) is 5.32. The molecule has 4 aromatic rings. The van der Waals surface area contributed by atoms with Crippen LogP contribution in [0.4, 0.5) is 27.3 Å². The maximum atomic E-state index is 13.8. The van der Waals surface area contributed by atoms with Crippen LogP contribution in [0.25, 0.3) is 10.9 Å². The summed E-state index contributed by atoms with van der Waals surface area (Å²) in [7, 11) is 0. The van der Waals surface area contributed by atoms with Crippen molar-refractivity contribution in [2.24, 2.45) is 0 Å². The molecule has 0 radical (unpaired) electrons. The van der Waals surface area contributed by atoms with E-state index in [4.69, 9.17) is 16.3 Å². The van der Waals surface area contributed by atoms with E-state index in [-0.39, 0.29) is 29.2 Å². The molecule has 0 saturated carbocycles. The molecule has 336 valence electrons. The van der Waals surface area contributed by atoms with Gasteiger partial charge in [0.1, 0.15) is 29.8 Å². The van der Waals surface area contributed by atoms with Crippen LogP contribution in [-0.2, 0) is 25.7 Å². The van der Waals surface area contributed by atoms with Gasteiger partial charge in [-0.2, -0.15) is 0 Å². The average molecular weight is 895 g/mol. The van der Waals surface area contributed by atoms with E-state index in [0.717, 1.165) is 63.2 Å². The number of piperidine rings is 2. The maximum Gasteiger partial charge on any atom is 0.255 e. The molecular formula is C46H52ClFN10O6. The van der Waals surface area contributed by atoms with Crippen LogP contribution in [-0.4, -0.2) is 130 Å². The summed E-state index contributed by atoms with van der Waals surface area (Å²) in [6, 6.07) is 13.1. The molecule has 3 saturated heterocycles. The number of carbonyl (C=O) groups is 5. The Bertz CT molecular complexity index is 2440. The van der Waals surface area contributed by atoms with E-state index in [1.807, 2.05) is 17.0 Å². The number of amides is 5. The van der Waals surface area contributed by atoms with Gasteiger partial charge >= 0.3 is 0 Å². The molecule has 4 N–H and O–H groups in total. The molecule has 16 nitrogen and oxygen atoms in total. The van der Waals surface area contributed by atoms with Gasteiger partial charge in [0.05, 0.1) is 22.8 Å². The molecule has 5 amide bonds. The molecule has 1 unspecified atom stereocenters. The molecule has 1 atom stereocenters. The smallest absolute Gasteiger partial charge is 0.255 e. The lowest BCUT2D eigenvalue weighted by Gasteiger charge is -2.42. The number of aromatic nitrogens is 2. The fourth-order valence-corrected chi connectivity index (χ4v) is 9.16. The van der Waals surface area contributed by atoms with Gasteiger partial charge in [0.25, 0.3) is 5.91 Å². The van der Waals surface area contributed by atoms with Crippen molar-refractivity contribution in [3.05, 3.63) is 89.5 Å². The fourth-order valence-electron chi connectivity index (χ4n) is 8.98. The number of imide groups is 1. The average Bonchev–Trinajstić information content (AvgIpc) is 3.64. The first kappa shape index (κ1) is 44.4. The van der Waals surface area contributed by atoms with E-state index in [0.29, 0.717) is 97.5 Å². The minimum absolute atomic E-state index is 0.0238. The van der Waals surface area contributed by atoms with Crippen LogP contribution in [0.3, 0.4) is 0 Å². The van der Waals surface area contributed by atoms with Crippen molar-refractivity contribution < 1.29 is 33.1 Å². The van der Waals surface area contributed by atoms with Crippen LogP contribution >= 0.6 is 11.6 Å². The second-order valence-corrected chi connectivity index (χ2v) is 16.9. The Balaban J connectivity index is 0.743. The highest BCUT2D eigenvalue weighted by Crippen LogP contribution is 2.35. The summed E-state index contributed by atoms with van der Waals surface area (Å²) in [6.07, 6.45) is 7.11. The highest BCUT2D eigenvalue weighted by atomic mass is 35.5. The Labute approximate surface area is 375 Å². The topological polar surface area (TPSA) is 181 Å². The van der Waals surface area contributed by atoms with Crippen molar-refractivity contribution in [3.63, 3.8) is 0 Å². The first-order valence-corrected chi connectivity index (χ1v) is 22.2. The van der Waals surface area contributed by atoms with Crippen molar-refractivity contribution in [2.75, 3.05) is 74.9 Å². The largest absolute Gasteiger partial charge is 0.491 e. The minimum atomic E-state index is -0.663. The molecule has 0 spiro atoms. The second kappa shape index (κ2) is 20.1. The fraction of sp³-hybridized carbons (Fsp3) is 0.413. The Morgan fingerprint density at radius 2 is 1.78 bits per heavy atom. The number of likely N-dealkylation sites (tertiary alicyclic amines) is 1. The molecular weight excluding hydrogens is 843 g/mol. The number of halogens is 2. The third-order valence-electron chi connectivity index (χ3n) is 12.4. The summed E-state index contributed by atoms with van der Waals surface area (Å²) in [6.45, 7) is 10.8. The Kier molecular flexibility index (Phi) is 14.0. The minimum Gasteiger partial charge on any atom is -0.491 e. The quantitative estimate of drug-likeness (QED) is 0.0647. The normalized spacial score (nSPS) is 18.5. The molecule has 18 heteroatoms. The van der Waals surface area contributed by atoms with Gasteiger partial charge in [0.15, 0.2) is 0 Å². The molecule has 0 bridgehead atoms. The summed E-state index contributed by atoms with van der Waals surface area (Å²) in [4.78, 5) is 80.1. The van der Waals surface area contributed by atoms with Crippen LogP contribution in [0.15, 0.2) is 67.5 Å². The van der Waals surface area contributed by atoms with Gasteiger partial charge in [-0.05, 0) is 87.7 Å². The lowest BCUT2D eigenvalue weighted by atomic mass is 10.0. The first-order valence-electron chi connectivity index (χ1n) is 21.9. The standard InChI is InChI=1S/C46H52ClFN10O6/c1-2-41(59)53-38-25-32-37(50-28-51-44(32)52-29-9-10-35(48)34(47)24-29)26-40(38)64-23-5-16-55-17-13-30(14-18-55)56-19-21-57(22-20-56)43(61)8-4-15-49-36-7-3-6-31-33(36)27-58(46(31)63)39-11-12-42(60)54-45(39)62/h2-3,6-7,9-10,24-26,28,30,39,49H,1,4-5,8,11-23,27H2,(H,53,59)(H,50,51,52)(H,54,60,62). The SMILES string of the molecule is C=CC(=O)Nc1cc2c(Nc3ccc(F)c(Cl)c3)ncnc2cc1OCCCN1CCC(N2CCN(C(=O)CCCNc3cccc4c3CN(C3CCC(=O)NC3=O)C4=O)CC2)CC1. The first-order chi connectivity index (χ1) is 31.0. The van der Waals surface area contributed by atoms with Gasteiger partial charge in [-0.1, -0.05) is 24.2 Å². The zero-order chi connectivity index (χ0) is 44.7. The van der Waals surface area contributed by atoms with Crippen LogP contribution in [0, 0.1) is 5.82 Å². The maximum absolute atomic E-state index is 13.8. The van der Waals surface area contributed by atoms with Gasteiger partial charge in [-0.15, -0.1) is 0 Å². The number of hydrogen-bond acceptors (Lipinski definition) is 12. The van der Waals surface area contributed by atoms with E-state index < -0.39 is 23.7 Å². The Hall–Kier alpha value is -6.17. The van der Waals surface area contributed by atoms with Crippen LogP contribution < -0.4 is 26.0 Å². The number of fused-ring (bicyclic) bond motifs is 2. The number of nitrogens with zero attached hydrogens (tertiary/aromatic N) is 6. The van der Waals surface area contributed by atoms with E-state index in [1.54, 1.807) is 29.2 Å². The number of piperazine rings is 1. The lowest BCUT2D eigenvalue weighted by Crippen LogP contribution is -2.54. The number of hydrogen-bond donors (Lipinski definition) is 4. The Morgan fingerprint density at radius 3 is 2.55 bits per heavy atom. The molecule has 5 heterocycles. The van der Waals surface area contributed by atoms with E-state index >= 15 is 0 Å². The van der Waals surface area contributed by atoms with Crippen molar-refractivity contribution in [2.45, 2.75) is 63.6 Å². The summed E-state index contributed by atoms with van der Waals surface area (Å²) in [5.74, 6) is -0.799. The van der Waals surface area contributed by atoms with Gasteiger partial charge < -0.3 is 35.4 Å². The summed E-state index contributed by atoms with van der Waals surface area (Å²) >= 11 is 5.98. The summed E-state index contributed by atoms with van der Waals surface area (Å²) in [5, 5.41) is 12.3. The van der Waals surface area contributed by atoms with Crippen LogP contribution in [0.1, 0.15) is 60.9 Å². The van der Waals surface area contributed by atoms with Crippen LogP contribution in [0.5, 0.6) is 5.75 Å². The highest BCUT2D eigenvalue weighted by Gasteiger charge is 2.40. The van der Waals surface area contributed by atoms with Gasteiger partial charge in [-0.3, -0.25) is 34.2 Å². The lowest BCUT2D eigenvalue weighted by molar-refractivity contribution is -0.137. The van der Waals surface area contributed by atoms with Crippen molar-refractivity contribution in [1.82, 2.24) is 34.9 Å². The number of ether oxygens (including phenoxy) is 1. The predicted molar refractivity (Wildman–Crippen MR) is 241 cm³/mol. The molecule has 3 aromatic carbocycles. The number of carbonyl (C=O) groups excluding carboxylic acids is 5. The molecule has 4 aliphatic heterocycles.